The summed E-state index contributed by atoms with van der Waals surface area (Å²) in [6.07, 6.45) is 2.37. The van der Waals surface area contributed by atoms with E-state index in [2.05, 4.69) is 31.2 Å². The Labute approximate surface area is 121 Å². The third-order valence-electron chi connectivity index (χ3n) is 3.65. The van der Waals surface area contributed by atoms with Crippen molar-refractivity contribution in [1.82, 2.24) is 0 Å². The van der Waals surface area contributed by atoms with E-state index >= 15 is 0 Å². The first-order valence-electron chi connectivity index (χ1n) is 7.31. The summed E-state index contributed by atoms with van der Waals surface area (Å²) in [6.45, 7) is 2.12. The lowest BCUT2D eigenvalue weighted by Crippen LogP contribution is -2.26. The molecule has 20 heavy (non-hydrogen) atoms. The number of benzene rings is 2. The van der Waals surface area contributed by atoms with Crippen molar-refractivity contribution in [2.75, 3.05) is 0 Å². The fourth-order valence-electron chi connectivity index (χ4n) is 2.37. The minimum Gasteiger partial charge on any atom is -0.391 e. The number of hydrogen-bond donors (Lipinski definition) is 2. The van der Waals surface area contributed by atoms with Gasteiger partial charge in [0.25, 0.3) is 0 Å². The van der Waals surface area contributed by atoms with Gasteiger partial charge in [0.15, 0.2) is 0 Å². The van der Waals surface area contributed by atoms with Gasteiger partial charge in [0.1, 0.15) is 0 Å². The van der Waals surface area contributed by atoms with Crippen LogP contribution in [0.5, 0.6) is 0 Å². The van der Waals surface area contributed by atoms with Crippen molar-refractivity contribution >= 4 is 0 Å². The molecule has 3 N–H and O–H groups in total. The van der Waals surface area contributed by atoms with Crippen molar-refractivity contribution in [3.63, 3.8) is 0 Å². The van der Waals surface area contributed by atoms with Crippen molar-refractivity contribution in [2.24, 2.45) is 5.73 Å². The lowest BCUT2D eigenvalue weighted by atomic mass is 9.95. The molecular weight excluding hydrogens is 246 g/mol. The fraction of sp³-hybridized carbons (Fsp3) is 0.333. The van der Waals surface area contributed by atoms with E-state index in [-0.39, 0.29) is 6.04 Å². The predicted molar refractivity (Wildman–Crippen MR) is 84.3 cm³/mol. The zero-order valence-corrected chi connectivity index (χ0v) is 12.0. The van der Waals surface area contributed by atoms with E-state index in [0.717, 1.165) is 30.4 Å². The zero-order valence-electron chi connectivity index (χ0n) is 12.0. The van der Waals surface area contributed by atoms with Crippen LogP contribution in [0.4, 0.5) is 0 Å². The molecule has 0 heterocycles. The van der Waals surface area contributed by atoms with Gasteiger partial charge in [0.2, 0.25) is 0 Å². The standard InChI is InChI=1S/C18H23NO/c1-2-3-12-17(20)18(19)16-11-7-10-15(13-16)14-8-5-4-6-9-14/h4-11,13,17-18,20H,2-3,12,19H2,1H3/t17-,18+/m1/s1. The first kappa shape index (κ1) is 14.8. The Morgan fingerprint density at radius 2 is 1.70 bits per heavy atom. The number of aliphatic hydroxyl groups excluding tert-OH is 1. The lowest BCUT2D eigenvalue weighted by molar-refractivity contribution is 0.132. The quantitative estimate of drug-likeness (QED) is 0.835. The highest BCUT2D eigenvalue weighted by Gasteiger charge is 2.16. The number of nitrogens with two attached hydrogens (primary N) is 1. The third kappa shape index (κ3) is 3.69. The molecule has 0 aliphatic heterocycles. The van der Waals surface area contributed by atoms with Gasteiger partial charge in [0, 0.05) is 0 Å². The molecule has 2 heteroatoms. The van der Waals surface area contributed by atoms with Gasteiger partial charge >= 0.3 is 0 Å². The summed E-state index contributed by atoms with van der Waals surface area (Å²) < 4.78 is 0. The summed E-state index contributed by atoms with van der Waals surface area (Å²) in [5.41, 5.74) is 9.48. The van der Waals surface area contributed by atoms with Gasteiger partial charge in [-0.05, 0) is 29.2 Å². The molecule has 0 aliphatic rings. The van der Waals surface area contributed by atoms with Crippen LogP contribution in [0.25, 0.3) is 11.1 Å². The van der Waals surface area contributed by atoms with Crippen molar-refractivity contribution in [3.05, 3.63) is 60.2 Å². The van der Waals surface area contributed by atoms with E-state index in [9.17, 15) is 5.11 Å². The number of hydrogen-bond acceptors (Lipinski definition) is 2. The fourth-order valence-corrected chi connectivity index (χ4v) is 2.37. The maximum atomic E-state index is 10.1. The molecule has 0 fully saturated rings. The number of aliphatic hydroxyl groups is 1. The van der Waals surface area contributed by atoms with Gasteiger partial charge in [-0.25, -0.2) is 0 Å². The molecule has 0 radical (unpaired) electrons. The average Bonchev–Trinajstić information content (AvgIpc) is 2.53. The van der Waals surface area contributed by atoms with E-state index in [0.29, 0.717) is 0 Å². The van der Waals surface area contributed by atoms with Crippen LogP contribution in [-0.2, 0) is 0 Å². The second-order valence-electron chi connectivity index (χ2n) is 5.23. The third-order valence-corrected chi connectivity index (χ3v) is 3.65. The lowest BCUT2D eigenvalue weighted by Gasteiger charge is -2.19. The Morgan fingerprint density at radius 3 is 2.40 bits per heavy atom. The molecule has 0 bridgehead atoms. The molecular formula is C18H23NO. The summed E-state index contributed by atoms with van der Waals surface area (Å²) in [7, 11) is 0. The molecule has 2 aromatic rings. The van der Waals surface area contributed by atoms with Crippen LogP contribution in [0.1, 0.15) is 37.8 Å². The Hall–Kier alpha value is -1.64. The van der Waals surface area contributed by atoms with Crippen LogP contribution in [0, 0.1) is 0 Å². The summed E-state index contributed by atoms with van der Waals surface area (Å²) >= 11 is 0. The van der Waals surface area contributed by atoms with Gasteiger partial charge in [-0.2, -0.15) is 0 Å². The van der Waals surface area contributed by atoms with E-state index in [4.69, 9.17) is 5.73 Å². The van der Waals surface area contributed by atoms with Gasteiger partial charge in [0.05, 0.1) is 12.1 Å². The molecule has 0 amide bonds. The SMILES string of the molecule is CCCC[C@@H](O)[C@@H](N)c1cccc(-c2ccccc2)c1. The highest BCUT2D eigenvalue weighted by atomic mass is 16.3. The summed E-state index contributed by atoms with van der Waals surface area (Å²) in [4.78, 5) is 0. The minimum atomic E-state index is -0.471. The largest absolute Gasteiger partial charge is 0.391 e. The van der Waals surface area contributed by atoms with Crippen LogP contribution in [-0.4, -0.2) is 11.2 Å². The maximum Gasteiger partial charge on any atom is 0.0732 e. The molecule has 0 aromatic heterocycles. The molecule has 106 valence electrons. The van der Waals surface area contributed by atoms with Crippen molar-refractivity contribution < 1.29 is 5.11 Å². The van der Waals surface area contributed by atoms with Gasteiger partial charge in [-0.1, -0.05) is 68.3 Å². The van der Waals surface area contributed by atoms with E-state index in [1.165, 1.54) is 5.56 Å². The molecule has 2 atom stereocenters. The first-order chi connectivity index (χ1) is 9.72. The Morgan fingerprint density at radius 1 is 1.00 bits per heavy atom. The van der Waals surface area contributed by atoms with E-state index in [1.807, 2.05) is 30.3 Å². The summed E-state index contributed by atoms with van der Waals surface area (Å²) in [5.74, 6) is 0. The Balaban J connectivity index is 2.17. The molecule has 0 saturated heterocycles. The van der Waals surface area contributed by atoms with Crippen LogP contribution in [0.3, 0.4) is 0 Å². The monoisotopic (exact) mass is 269 g/mol. The van der Waals surface area contributed by atoms with E-state index < -0.39 is 6.10 Å². The molecule has 2 aromatic carbocycles. The van der Waals surface area contributed by atoms with Crippen LogP contribution < -0.4 is 5.73 Å². The smallest absolute Gasteiger partial charge is 0.0732 e. The minimum absolute atomic E-state index is 0.315. The maximum absolute atomic E-state index is 10.1. The second kappa shape index (κ2) is 7.22. The van der Waals surface area contributed by atoms with Gasteiger partial charge < -0.3 is 10.8 Å². The molecule has 0 saturated carbocycles. The molecule has 0 unspecified atom stereocenters. The molecule has 0 aliphatic carbocycles. The second-order valence-corrected chi connectivity index (χ2v) is 5.23. The van der Waals surface area contributed by atoms with Gasteiger partial charge in [-0.3, -0.25) is 0 Å². The summed E-state index contributed by atoms with van der Waals surface area (Å²) in [6, 6.07) is 18.1. The van der Waals surface area contributed by atoms with Gasteiger partial charge in [-0.15, -0.1) is 0 Å². The first-order valence-corrected chi connectivity index (χ1v) is 7.31. The predicted octanol–water partition coefficient (Wildman–Crippen LogP) is 3.90. The highest BCUT2D eigenvalue weighted by Crippen LogP contribution is 2.24. The van der Waals surface area contributed by atoms with Crippen molar-refractivity contribution in [3.8, 4) is 11.1 Å². The van der Waals surface area contributed by atoms with Crippen LogP contribution >= 0.6 is 0 Å². The normalized spacial score (nSPS) is 13.9. The molecule has 2 nitrogen and oxygen atoms in total. The van der Waals surface area contributed by atoms with Crippen LogP contribution in [0.2, 0.25) is 0 Å². The average molecular weight is 269 g/mol. The summed E-state index contributed by atoms with van der Waals surface area (Å²) in [5, 5.41) is 10.1. The van der Waals surface area contributed by atoms with Crippen LogP contribution in [0.15, 0.2) is 54.6 Å². The molecule has 2 rings (SSSR count). The number of unbranched alkanes of at least 4 members (excludes halogenated alkanes) is 1. The number of rotatable bonds is 6. The highest BCUT2D eigenvalue weighted by molar-refractivity contribution is 5.64. The topological polar surface area (TPSA) is 46.2 Å². The van der Waals surface area contributed by atoms with Crippen molar-refractivity contribution in [1.29, 1.82) is 0 Å². The Bertz CT molecular complexity index is 524. The molecule has 0 spiro atoms. The van der Waals surface area contributed by atoms with Crippen molar-refractivity contribution in [2.45, 2.75) is 38.3 Å². The zero-order chi connectivity index (χ0) is 14.4. The Kier molecular flexibility index (Phi) is 5.33. The van der Waals surface area contributed by atoms with E-state index in [1.54, 1.807) is 0 Å².